The van der Waals surface area contributed by atoms with Gasteiger partial charge in [-0.2, -0.15) is 0 Å². The van der Waals surface area contributed by atoms with E-state index >= 15 is 0 Å². The monoisotopic (exact) mass is 402 g/mol. The Hall–Kier alpha value is -3.70. The van der Waals surface area contributed by atoms with Crippen LogP contribution in [0.4, 0.5) is 5.69 Å². The molecule has 0 radical (unpaired) electrons. The van der Waals surface area contributed by atoms with Gasteiger partial charge in [0, 0.05) is 27.2 Å². The van der Waals surface area contributed by atoms with Gasteiger partial charge in [-0.25, -0.2) is 9.78 Å². The number of halogens is 1. The molecule has 0 aliphatic heterocycles. The molecule has 142 valence electrons. The fraction of sp³-hybridized carbons (Fsp3) is 0. The minimum absolute atomic E-state index is 0.0158. The van der Waals surface area contributed by atoms with Crippen LogP contribution in [0.1, 0.15) is 26.3 Å². The molecule has 0 saturated heterocycles. The van der Waals surface area contributed by atoms with E-state index in [0.717, 1.165) is 5.56 Å². The smallest absolute Gasteiger partial charge is 0.336 e. The van der Waals surface area contributed by atoms with E-state index in [9.17, 15) is 14.7 Å². The van der Waals surface area contributed by atoms with Crippen molar-refractivity contribution >= 4 is 39.9 Å². The Morgan fingerprint density at radius 3 is 2.31 bits per heavy atom. The average Bonchev–Trinajstić information content (AvgIpc) is 2.72. The first-order valence-corrected chi connectivity index (χ1v) is 9.15. The highest BCUT2D eigenvalue weighted by molar-refractivity contribution is 6.32. The molecule has 0 aliphatic rings. The summed E-state index contributed by atoms with van der Waals surface area (Å²) < 4.78 is 0. The summed E-state index contributed by atoms with van der Waals surface area (Å²) in [5, 5.41) is 10.3. The van der Waals surface area contributed by atoms with E-state index in [0.29, 0.717) is 22.2 Å². The van der Waals surface area contributed by atoms with Gasteiger partial charge in [-0.15, -0.1) is 0 Å². The number of aromatic carboxylic acids is 1. The summed E-state index contributed by atoms with van der Waals surface area (Å²) in [6.45, 7) is 0. The highest BCUT2D eigenvalue weighted by Crippen LogP contribution is 2.30. The Morgan fingerprint density at radius 1 is 0.897 bits per heavy atom. The second-order valence-electron chi connectivity index (χ2n) is 6.49. The summed E-state index contributed by atoms with van der Waals surface area (Å²) in [4.78, 5) is 29.9. The second-order valence-corrected chi connectivity index (χ2v) is 6.93. The number of nitrogens with zero attached hydrogens (tertiary/aromatic N) is 1. The maximum atomic E-state index is 13.5. The van der Waals surface area contributed by atoms with Crippen LogP contribution in [0.3, 0.4) is 0 Å². The van der Waals surface area contributed by atoms with Gasteiger partial charge in [0.25, 0.3) is 0 Å². The van der Waals surface area contributed by atoms with Crippen molar-refractivity contribution < 1.29 is 14.7 Å². The number of carbonyl (C=O) groups excluding carboxylic acids is 1. The van der Waals surface area contributed by atoms with E-state index in [1.807, 2.05) is 42.5 Å². The van der Waals surface area contributed by atoms with E-state index in [4.69, 9.17) is 17.3 Å². The highest BCUT2D eigenvalue weighted by Gasteiger charge is 2.24. The Bertz CT molecular complexity index is 1270. The first kappa shape index (κ1) is 18.7. The molecule has 4 rings (SSSR count). The molecular weight excluding hydrogens is 388 g/mol. The van der Waals surface area contributed by atoms with Crippen LogP contribution in [-0.4, -0.2) is 21.8 Å². The molecule has 5 nitrogen and oxygen atoms in total. The van der Waals surface area contributed by atoms with Gasteiger partial charge in [-0.3, -0.25) is 4.79 Å². The zero-order valence-corrected chi connectivity index (χ0v) is 15.9. The van der Waals surface area contributed by atoms with Gasteiger partial charge in [0.1, 0.15) is 0 Å². The van der Waals surface area contributed by atoms with Crippen LogP contribution in [-0.2, 0) is 0 Å². The number of nitrogens with two attached hydrogens (primary N) is 1. The molecule has 29 heavy (non-hydrogen) atoms. The summed E-state index contributed by atoms with van der Waals surface area (Å²) in [6, 6.07) is 20.9. The first-order chi connectivity index (χ1) is 14.0. The second kappa shape index (κ2) is 7.37. The average molecular weight is 403 g/mol. The van der Waals surface area contributed by atoms with E-state index in [2.05, 4.69) is 4.98 Å². The lowest BCUT2D eigenvalue weighted by Gasteiger charge is -2.13. The Kier molecular flexibility index (Phi) is 4.74. The lowest BCUT2D eigenvalue weighted by Crippen LogP contribution is -2.13. The van der Waals surface area contributed by atoms with Crippen LogP contribution in [0, 0.1) is 0 Å². The largest absolute Gasteiger partial charge is 0.478 e. The third kappa shape index (κ3) is 3.44. The van der Waals surface area contributed by atoms with Crippen LogP contribution in [0.5, 0.6) is 0 Å². The number of fused-ring (bicyclic) bond motifs is 1. The summed E-state index contributed by atoms with van der Waals surface area (Å²) >= 11 is 5.95. The first-order valence-electron chi connectivity index (χ1n) is 8.78. The van der Waals surface area contributed by atoms with Crippen LogP contribution in [0.15, 0.2) is 72.8 Å². The van der Waals surface area contributed by atoms with Gasteiger partial charge < -0.3 is 10.8 Å². The summed E-state index contributed by atoms with van der Waals surface area (Å²) in [7, 11) is 0. The zero-order valence-electron chi connectivity index (χ0n) is 15.1. The van der Waals surface area contributed by atoms with Crippen molar-refractivity contribution in [3.05, 3.63) is 94.5 Å². The van der Waals surface area contributed by atoms with Crippen molar-refractivity contribution in [2.45, 2.75) is 0 Å². The molecule has 0 saturated carbocycles. The minimum Gasteiger partial charge on any atom is -0.478 e. The van der Waals surface area contributed by atoms with Gasteiger partial charge in [-0.1, -0.05) is 60.1 Å². The zero-order chi connectivity index (χ0) is 20.5. The number of para-hydroxylation sites is 1. The Balaban J connectivity index is 1.99. The maximum absolute atomic E-state index is 13.5. The number of nitrogen functional groups attached to an aromatic ring is 1. The number of carboxylic acids is 1. The van der Waals surface area contributed by atoms with E-state index in [1.54, 1.807) is 18.2 Å². The van der Waals surface area contributed by atoms with Crippen LogP contribution in [0.25, 0.3) is 22.2 Å². The summed E-state index contributed by atoms with van der Waals surface area (Å²) in [6.07, 6.45) is 0. The minimum atomic E-state index is -1.27. The van der Waals surface area contributed by atoms with Crippen LogP contribution < -0.4 is 5.73 Å². The molecule has 6 heteroatoms. The topological polar surface area (TPSA) is 93.3 Å². The van der Waals surface area contributed by atoms with Crippen molar-refractivity contribution in [2.75, 3.05) is 5.73 Å². The van der Waals surface area contributed by atoms with Crippen molar-refractivity contribution in [2.24, 2.45) is 0 Å². The molecular formula is C23H15ClN2O3. The van der Waals surface area contributed by atoms with Gasteiger partial charge in [0.2, 0.25) is 0 Å². The van der Waals surface area contributed by atoms with E-state index < -0.39 is 11.8 Å². The Morgan fingerprint density at radius 2 is 1.59 bits per heavy atom. The van der Waals surface area contributed by atoms with Gasteiger partial charge in [0.05, 0.1) is 22.3 Å². The normalized spacial score (nSPS) is 10.8. The molecule has 0 fully saturated rings. The number of anilines is 1. The maximum Gasteiger partial charge on any atom is 0.336 e. The number of carboxylic acid groups (broad SMARTS) is 1. The summed E-state index contributed by atoms with van der Waals surface area (Å²) in [5.74, 6) is -1.77. The summed E-state index contributed by atoms with van der Waals surface area (Å²) in [5.41, 5.74) is 8.11. The van der Waals surface area contributed by atoms with E-state index in [1.165, 1.54) is 12.1 Å². The van der Waals surface area contributed by atoms with Gasteiger partial charge >= 0.3 is 5.97 Å². The molecule has 1 aromatic heterocycles. The predicted molar refractivity (Wildman–Crippen MR) is 113 cm³/mol. The number of benzene rings is 3. The molecule has 0 bridgehead atoms. The Labute approximate surface area is 171 Å². The molecule has 0 amide bonds. The number of hydrogen-bond acceptors (Lipinski definition) is 4. The molecule has 0 unspecified atom stereocenters. The standard InChI is InChI=1S/C23H15ClN2O3/c24-14-10-17(23(28)29)21(18(25)11-14)22(27)16-12-20(13-6-2-1-3-7-13)26-19-9-5-4-8-15(16)19/h1-12H,25H2,(H,28,29). The lowest BCUT2D eigenvalue weighted by molar-refractivity contribution is 0.0693. The van der Waals surface area contributed by atoms with Gasteiger partial charge in [0.15, 0.2) is 5.78 Å². The number of aromatic nitrogens is 1. The molecule has 1 heterocycles. The van der Waals surface area contributed by atoms with Crippen molar-refractivity contribution in [1.29, 1.82) is 0 Å². The molecule has 0 aliphatic carbocycles. The fourth-order valence-corrected chi connectivity index (χ4v) is 3.53. The third-order valence-electron chi connectivity index (χ3n) is 4.62. The van der Waals surface area contributed by atoms with Crippen molar-refractivity contribution in [3.63, 3.8) is 0 Å². The third-order valence-corrected chi connectivity index (χ3v) is 4.84. The molecule has 0 atom stereocenters. The molecule has 3 aromatic carbocycles. The quantitative estimate of drug-likeness (QED) is 0.367. The lowest BCUT2D eigenvalue weighted by atomic mass is 9.93. The SMILES string of the molecule is Nc1cc(Cl)cc(C(=O)O)c1C(=O)c1cc(-c2ccccc2)nc2ccccc12. The predicted octanol–water partition coefficient (Wildman–Crippen LogP) is 5.07. The van der Waals surface area contributed by atoms with Crippen LogP contribution in [0.2, 0.25) is 5.02 Å². The van der Waals surface area contributed by atoms with E-state index in [-0.39, 0.29) is 21.8 Å². The molecule has 4 aromatic rings. The molecule has 0 spiro atoms. The number of ketones is 1. The number of rotatable bonds is 4. The molecule has 3 N–H and O–H groups in total. The van der Waals surface area contributed by atoms with Crippen LogP contribution >= 0.6 is 11.6 Å². The van der Waals surface area contributed by atoms with Crippen molar-refractivity contribution in [3.8, 4) is 11.3 Å². The highest BCUT2D eigenvalue weighted by atomic mass is 35.5. The number of hydrogen-bond donors (Lipinski definition) is 2. The number of carbonyl (C=O) groups is 2. The fourth-order valence-electron chi connectivity index (χ4n) is 3.30. The van der Waals surface area contributed by atoms with Crippen molar-refractivity contribution in [1.82, 2.24) is 4.98 Å². The van der Waals surface area contributed by atoms with Gasteiger partial charge in [-0.05, 0) is 24.3 Å². The number of pyridine rings is 1.